The maximum Gasteiger partial charge on any atom is 0.123 e. The van der Waals surface area contributed by atoms with Crippen molar-refractivity contribution in [1.29, 1.82) is 0 Å². The molecule has 0 fully saturated rings. The predicted octanol–water partition coefficient (Wildman–Crippen LogP) is 5.80. The fourth-order valence-corrected chi connectivity index (χ4v) is 3.78. The van der Waals surface area contributed by atoms with Crippen molar-refractivity contribution in [3.05, 3.63) is 63.1 Å². The molecular formula is C18H18BrClO. The van der Waals surface area contributed by atoms with Crippen molar-refractivity contribution in [2.75, 3.05) is 0 Å². The van der Waals surface area contributed by atoms with Crippen LogP contribution in [0.5, 0.6) is 5.75 Å². The van der Waals surface area contributed by atoms with Gasteiger partial charge in [-0.1, -0.05) is 34.1 Å². The summed E-state index contributed by atoms with van der Waals surface area (Å²) >= 11 is 10.2. The van der Waals surface area contributed by atoms with Gasteiger partial charge in [-0.15, -0.1) is 11.6 Å². The number of rotatable bonds is 2. The summed E-state index contributed by atoms with van der Waals surface area (Å²) in [5.74, 6) is 0.984. The van der Waals surface area contributed by atoms with Crippen molar-refractivity contribution >= 4 is 27.5 Å². The summed E-state index contributed by atoms with van der Waals surface area (Å²) < 4.78 is 6.99. The van der Waals surface area contributed by atoms with Gasteiger partial charge in [0, 0.05) is 10.9 Å². The van der Waals surface area contributed by atoms with E-state index in [2.05, 4.69) is 67.0 Å². The molecule has 3 rings (SSSR count). The van der Waals surface area contributed by atoms with E-state index < -0.39 is 0 Å². The van der Waals surface area contributed by atoms with Gasteiger partial charge in [0.05, 0.1) is 5.38 Å². The average Bonchev–Trinajstić information content (AvgIpc) is 2.69. The van der Waals surface area contributed by atoms with E-state index in [1.54, 1.807) is 0 Å². The highest BCUT2D eigenvalue weighted by molar-refractivity contribution is 9.10. The normalized spacial score (nSPS) is 17.2. The molecule has 0 spiro atoms. The summed E-state index contributed by atoms with van der Waals surface area (Å²) in [4.78, 5) is 0. The Labute approximate surface area is 139 Å². The molecule has 1 aliphatic rings. The molecule has 1 atom stereocenters. The van der Waals surface area contributed by atoms with Gasteiger partial charge in [-0.05, 0) is 61.2 Å². The van der Waals surface area contributed by atoms with Gasteiger partial charge in [0.25, 0.3) is 0 Å². The van der Waals surface area contributed by atoms with E-state index in [9.17, 15) is 0 Å². The molecule has 1 aliphatic heterocycles. The van der Waals surface area contributed by atoms with Crippen LogP contribution in [0.4, 0.5) is 0 Å². The van der Waals surface area contributed by atoms with Crippen molar-refractivity contribution in [2.24, 2.45) is 0 Å². The van der Waals surface area contributed by atoms with E-state index in [0.717, 1.165) is 27.8 Å². The van der Waals surface area contributed by atoms with Crippen LogP contribution in [0.1, 0.15) is 41.5 Å². The highest BCUT2D eigenvalue weighted by Crippen LogP contribution is 2.39. The summed E-state index contributed by atoms with van der Waals surface area (Å²) in [6.07, 6.45) is 0.928. The minimum Gasteiger partial charge on any atom is -0.487 e. The summed E-state index contributed by atoms with van der Waals surface area (Å²) in [6.45, 7) is 6.31. The monoisotopic (exact) mass is 364 g/mol. The first kappa shape index (κ1) is 14.9. The Balaban J connectivity index is 1.95. The molecule has 110 valence electrons. The molecule has 2 aromatic rings. The average molecular weight is 366 g/mol. The molecule has 0 aliphatic carbocycles. The van der Waals surface area contributed by atoms with Gasteiger partial charge in [-0.25, -0.2) is 0 Å². The van der Waals surface area contributed by atoms with E-state index in [4.69, 9.17) is 16.3 Å². The number of halogens is 2. The van der Waals surface area contributed by atoms with Crippen LogP contribution in [0.15, 0.2) is 40.9 Å². The number of aryl methyl sites for hydroxylation is 1. The standard InChI is InChI=1S/C18H18BrClO/c1-11-6-13(9-15(19)7-11)17(20)12-4-5-16-14(8-12)10-18(2,3)21-16/h4-9,17H,10H2,1-3H3. The second kappa shape index (κ2) is 5.33. The van der Waals surface area contributed by atoms with Crippen molar-refractivity contribution in [2.45, 2.75) is 38.2 Å². The molecule has 0 N–H and O–H groups in total. The number of fused-ring (bicyclic) bond motifs is 1. The number of ether oxygens (including phenoxy) is 1. The Kier molecular flexibility index (Phi) is 3.79. The molecule has 1 heterocycles. The largest absolute Gasteiger partial charge is 0.487 e. The van der Waals surface area contributed by atoms with Crippen molar-refractivity contribution in [3.63, 3.8) is 0 Å². The zero-order valence-electron chi connectivity index (χ0n) is 12.4. The van der Waals surface area contributed by atoms with Crippen LogP contribution >= 0.6 is 27.5 Å². The summed E-state index contributed by atoms with van der Waals surface area (Å²) in [7, 11) is 0. The first-order valence-electron chi connectivity index (χ1n) is 7.07. The Morgan fingerprint density at radius 1 is 1.14 bits per heavy atom. The summed E-state index contributed by atoms with van der Waals surface area (Å²) in [6, 6.07) is 12.6. The zero-order chi connectivity index (χ0) is 15.2. The van der Waals surface area contributed by atoms with Crippen molar-refractivity contribution in [1.82, 2.24) is 0 Å². The first-order valence-corrected chi connectivity index (χ1v) is 8.30. The van der Waals surface area contributed by atoms with Gasteiger partial charge in [0.15, 0.2) is 0 Å². The van der Waals surface area contributed by atoms with Crippen LogP contribution in [-0.4, -0.2) is 5.60 Å². The van der Waals surface area contributed by atoms with Crippen LogP contribution in [0, 0.1) is 6.92 Å². The third kappa shape index (κ3) is 3.12. The SMILES string of the molecule is Cc1cc(Br)cc(C(Cl)c2ccc3c(c2)CC(C)(C)O3)c1. The second-order valence-electron chi connectivity index (χ2n) is 6.33. The number of alkyl halides is 1. The molecule has 1 nitrogen and oxygen atoms in total. The van der Waals surface area contributed by atoms with Crippen LogP contribution in [-0.2, 0) is 6.42 Å². The third-order valence-corrected chi connectivity index (χ3v) is 4.70. The van der Waals surface area contributed by atoms with E-state index in [-0.39, 0.29) is 11.0 Å². The lowest BCUT2D eigenvalue weighted by atomic mass is 9.97. The van der Waals surface area contributed by atoms with Gasteiger partial charge in [0.2, 0.25) is 0 Å². The first-order chi connectivity index (χ1) is 9.84. The molecule has 0 amide bonds. The van der Waals surface area contributed by atoms with Crippen LogP contribution in [0.25, 0.3) is 0 Å². The fraction of sp³-hybridized carbons (Fsp3) is 0.333. The Morgan fingerprint density at radius 2 is 1.90 bits per heavy atom. The molecule has 0 bridgehead atoms. The predicted molar refractivity (Wildman–Crippen MR) is 91.4 cm³/mol. The molecule has 3 heteroatoms. The van der Waals surface area contributed by atoms with E-state index in [0.29, 0.717) is 0 Å². The second-order valence-corrected chi connectivity index (χ2v) is 7.68. The smallest absolute Gasteiger partial charge is 0.123 e. The van der Waals surface area contributed by atoms with Gasteiger partial charge >= 0.3 is 0 Å². The van der Waals surface area contributed by atoms with Crippen LogP contribution in [0.3, 0.4) is 0 Å². The Morgan fingerprint density at radius 3 is 2.62 bits per heavy atom. The minimum atomic E-state index is -0.143. The minimum absolute atomic E-state index is 0.116. The highest BCUT2D eigenvalue weighted by atomic mass is 79.9. The van der Waals surface area contributed by atoms with E-state index in [1.807, 2.05) is 6.07 Å². The lowest BCUT2D eigenvalue weighted by Crippen LogP contribution is -2.24. The Bertz CT molecular complexity index is 673. The lowest BCUT2D eigenvalue weighted by Gasteiger charge is -2.16. The summed E-state index contributed by atoms with van der Waals surface area (Å²) in [5, 5.41) is -0.143. The molecular weight excluding hydrogens is 348 g/mol. The third-order valence-electron chi connectivity index (χ3n) is 3.74. The van der Waals surface area contributed by atoms with Crippen LogP contribution < -0.4 is 4.74 Å². The maximum atomic E-state index is 6.69. The van der Waals surface area contributed by atoms with Gasteiger partial charge in [0.1, 0.15) is 11.4 Å². The lowest BCUT2D eigenvalue weighted by molar-refractivity contribution is 0.138. The van der Waals surface area contributed by atoms with Crippen molar-refractivity contribution in [3.8, 4) is 5.75 Å². The molecule has 0 saturated heterocycles. The molecule has 1 unspecified atom stereocenters. The highest BCUT2D eigenvalue weighted by Gasteiger charge is 2.30. The van der Waals surface area contributed by atoms with E-state index >= 15 is 0 Å². The topological polar surface area (TPSA) is 9.23 Å². The molecule has 2 aromatic carbocycles. The molecule has 0 saturated carbocycles. The Hall–Kier alpha value is -0.990. The van der Waals surface area contributed by atoms with E-state index in [1.165, 1.54) is 11.1 Å². The zero-order valence-corrected chi connectivity index (χ0v) is 14.8. The quantitative estimate of drug-likeness (QED) is 0.611. The maximum absolute atomic E-state index is 6.69. The van der Waals surface area contributed by atoms with Gasteiger partial charge in [-0.2, -0.15) is 0 Å². The molecule has 21 heavy (non-hydrogen) atoms. The number of hydrogen-bond acceptors (Lipinski definition) is 1. The fourth-order valence-electron chi connectivity index (χ4n) is 2.89. The molecule has 0 radical (unpaired) electrons. The summed E-state index contributed by atoms with van der Waals surface area (Å²) in [5.41, 5.74) is 4.57. The van der Waals surface area contributed by atoms with Crippen molar-refractivity contribution < 1.29 is 4.74 Å². The molecule has 0 aromatic heterocycles. The van der Waals surface area contributed by atoms with Gasteiger partial charge in [-0.3, -0.25) is 0 Å². The number of hydrogen-bond donors (Lipinski definition) is 0. The van der Waals surface area contributed by atoms with Crippen LogP contribution in [0.2, 0.25) is 0 Å². The van der Waals surface area contributed by atoms with Gasteiger partial charge < -0.3 is 4.74 Å². The number of benzene rings is 2.